The van der Waals surface area contributed by atoms with Crippen LogP contribution in [0.2, 0.25) is 0 Å². The van der Waals surface area contributed by atoms with Crippen LogP contribution in [0.25, 0.3) is 11.4 Å². The van der Waals surface area contributed by atoms with Gasteiger partial charge in [-0.25, -0.2) is 9.97 Å². The fourth-order valence-corrected chi connectivity index (χ4v) is 2.52. The van der Waals surface area contributed by atoms with Crippen LogP contribution >= 0.6 is 0 Å². The average molecular weight is 335 g/mol. The molecular formula is C20H21N3O2. The van der Waals surface area contributed by atoms with Crippen LogP contribution < -0.4 is 10.1 Å². The Balaban J connectivity index is 1.94. The van der Waals surface area contributed by atoms with Crippen molar-refractivity contribution in [3.8, 4) is 17.1 Å². The number of nitrogens with one attached hydrogen (secondary N) is 1. The summed E-state index contributed by atoms with van der Waals surface area (Å²) in [5.74, 6) is 2.21. The molecule has 0 saturated heterocycles. The topological polar surface area (TPSA) is 56.3 Å². The highest BCUT2D eigenvalue weighted by Crippen LogP contribution is 2.23. The van der Waals surface area contributed by atoms with Crippen LogP contribution in [0.1, 0.15) is 11.3 Å². The van der Waals surface area contributed by atoms with E-state index in [2.05, 4.69) is 34.3 Å². The van der Waals surface area contributed by atoms with Crippen molar-refractivity contribution in [1.82, 2.24) is 9.97 Å². The van der Waals surface area contributed by atoms with Gasteiger partial charge in [-0.15, -0.1) is 0 Å². The molecule has 0 saturated carbocycles. The number of ether oxygens (including phenoxy) is 2. The van der Waals surface area contributed by atoms with Gasteiger partial charge in [-0.3, -0.25) is 0 Å². The Labute approximate surface area is 147 Å². The second-order valence-corrected chi connectivity index (χ2v) is 5.72. The molecule has 0 aliphatic carbocycles. The Morgan fingerprint density at radius 3 is 2.44 bits per heavy atom. The van der Waals surface area contributed by atoms with E-state index in [1.54, 1.807) is 14.2 Å². The van der Waals surface area contributed by atoms with Crippen LogP contribution in [0.4, 0.5) is 11.5 Å². The minimum Gasteiger partial charge on any atom is -0.497 e. The predicted molar refractivity (Wildman–Crippen MR) is 99.2 cm³/mol. The smallest absolute Gasteiger partial charge is 0.161 e. The fourth-order valence-electron chi connectivity index (χ4n) is 2.52. The van der Waals surface area contributed by atoms with Crippen molar-refractivity contribution in [2.75, 3.05) is 19.5 Å². The first-order valence-corrected chi connectivity index (χ1v) is 8.03. The molecule has 0 amide bonds. The quantitative estimate of drug-likeness (QED) is 0.726. The van der Waals surface area contributed by atoms with Gasteiger partial charge in [0.05, 0.1) is 19.4 Å². The van der Waals surface area contributed by atoms with E-state index in [1.807, 2.05) is 42.5 Å². The van der Waals surface area contributed by atoms with Gasteiger partial charge in [0, 0.05) is 24.4 Å². The van der Waals surface area contributed by atoms with Crippen molar-refractivity contribution in [2.24, 2.45) is 0 Å². The van der Waals surface area contributed by atoms with Gasteiger partial charge in [0.15, 0.2) is 5.82 Å². The van der Waals surface area contributed by atoms with E-state index in [-0.39, 0.29) is 0 Å². The maximum absolute atomic E-state index is 5.24. The normalized spacial score (nSPS) is 10.5. The predicted octanol–water partition coefficient (Wildman–Crippen LogP) is 4.35. The lowest BCUT2D eigenvalue weighted by Gasteiger charge is -2.11. The number of aryl methyl sites for hydroxylation is 1. The molecule has 2 aromatic carbocycles. The molecule has 0 atom stereocenters. The van der Waals surface area contributed by atoms with Gasteiger partial charge < -0.3 is 14.8 Å². The van der Waals surface area contributed by atoms with E-state index >= 15 is 0 Å². The maximum atomic E-state index is 5.24. The van der Waals surface area contributed by atoms with Gasteiger partial charge in [-0.1, -0.05) is 23.8 Å². The first-order chi connectivity index (χ1) is 12.2. The van der Waals surface area contributed by atoms with E-state index in [0.717, 1.165) is 28.5 Å². The van der Waals surface area contributed by atoms with Crippen molar-refractivity contribution in [2.45, 2.75) is 13.5 Å². The number of anilines is 2. The van der Waals surface area contributed by atoms with Gasteiger partial charge in [-0.2, -0.15) is 0 Å². The first kappa shape index (κ1) is 16.9. The molecule has 25 heavy (non-hydrogen) atoms. The maximum Gasteiger partial charge on any atom is 0.161 e. The van der Waals surface area contributed by atoms with Crippen LogP contribution in [0.15, 0.2) is 54.6 Å². The number of rotatable bonds is 6. The highest BCUT2D eigenvalue weighted by atomic mass is 16.5. The lowest BCUT2D eigenvalue weighted by Crippen LogP contribution is -2.02. The van der Waals surface area contributed by atoms with E-state index in [0.29, 0.717) is 12.4 Å². The summed E-state index contributed by atoms with van der Waals surface area (Å²) < 4.78 is 10.4. The number of hydrogen-bond acceptors (Lipinski definition) is 5. The summed E-state index contributed by atoms with van der Waals surface area (Å²) in [6.07, 6.45) is 0. The van der Waals surface area contributed by atoms with Crippen LogP contribution in [0.3, 0.4) is 0 Å². The number of hydrogen-bond donors (Lipinski definition) is 1. The Morgan fingerprint density at radius 2 is 1.76 bits per heavy atom. The van der Waals surface area contributed by atoms with Crippen molar-refractivity contribution in [3.63, 3.8) is 0 Å². The standard InChI is InChI=1S/C20H21N3O2/c1-14-5-4-6-15(11-14)20-22-17(13-24-2)12-19(23-20)21-16-7-9-18(25-3)10-8-16/h4-12H,13H2,1-3H3,(H,21,22,23). The Morgan fingerprint density at radius 1 is 0.960 bits per heavy atom. The molecule has 128 valence electrons. The molecule has 1 heterocycles. The van der Waals surface area contributed by atoms with E-state index in [4.69, 9.17) is 9.47 Å². The van der Waals surface area contributed by atoms with Gasteiger partial charge in [-0.05, 0) is 37.3 Å². The molecule has 1 aromatic heterocycles. The van der Waals surface area contributed by atoms with Crippen LogP contribution in [0.5, 0.6) is 5.75 Å². The largest absolute Gasteiger partial charge is 0.497 e. The summed E-state index contributed by atoms with van der Waals surface area (Å²) >= 11 is 0. The zero-order chi connectivity index (χ0) is 17.6. The van der Waals surface area contributed by atoms with Crippen molar-refractivity contribution in [1.29, 1.82) is 0 Å². The lowest BCUT2D eigenvalue weighted by molar-refractivity contribution is 0.181. The zero-order valence-corrected chi connectivity index (χ0v) is 14.6. The summed E-state index contributed by atoms with van der Waals surface area (Å²) in [6.45, 7) is 2.48. The minimum absolute atomic E-state index is 0.429. The molecule has 1 N–H and O–H groups in total. The molecule has 0 spiro atoms. The summed E-state index contributed by atoms with van der Waals surface area (Å²) in [7, 11) is 3.31. The van der Waals surface area contributed by atoms with Crippen LogP contribution in [0, 0.1) is 6.92 Å². The molecule has 3 rings (SSSR count). The van der Waals surface area contributed by atoms with Crippen molar-refractivity contribution >= 4 is 11.5 Å². The lowest BCUT2D eigenvalue weighted by atomic mass is 10.1. The Hall–Kier alpha value is -2.92. The number of aromatic nitrogens is 2. The van der Waals surface area contributed by atoms with Gasteiger partial charge in [0.25, 0.3) is 0 Å². The van der Waals surface area contributed by atoms with Gasteiger partial charge in [0.2, 0.25) is 0 Å². The second kappa shape index (κ2) is 7.77. The molecule has 3 aromatic rings. The summed E-state index contributed by atoms with van der Waals surface area (Å²) in [5, 5.41) is 3.32. The first-order valence-electron chi connectivity index (χ1n) is 8.03. The van der Waals surface area contributed by atoms with Gasteiger partial charge in [0.1, 0.15) is 11.6 Å². The molecule has 0 aliphatic heterocycles. The minimum atomic E-state index is 0.429. The fraction of sp³-hybridized carbons (Fsp3) is 0.200. The molecular weight excluding hydrogens is 314 g/mol. The third-order valence-corrected chi connectivity index (χ3v) is 3.71. The van der Waals surface area contributed by atoms with E-state index in [9.17, 15) is 0 Å². The molecule has 0 fully saturated rings. The zero-order valence-electron chi connectivity index (χ0n) is 14.6. The van der Waals surface area contributed by atoms with Crippen molar-refractivity contribution in [3.05, 3.63) is 65.9 Å². The Kier molecular flexibility index (Phi) is 5.26. The molecule has 0 unspecified atom stereocenters. The Bertz CT molecular complexity index is 848. The van der Waals surface area contributed by atoms with Gasteiger partial charge >= 0.3 is 0 Å². The van der Waals surface area contributed by atoms with Crippen LogP contribution in [-0.2, 0) is 11.3 Å². The van der Waals surface area contributed by atoms with Crippen LogP contribution in [-0.4, -0.2) is 24.2 Å². The molecule has 0 bridgehead atoms. The summed E-state index contributed by atoms with van der Waals surface area (Å²) in [4.78, 5) is 9.26. The third-order valence-electron chi connectivity index (χ3n) is 3.71. The summed E-state index contributed by atoms with van der Waals surface area (Å²) in [5.41, 5.74) is 3.90. The number of nitrogens with zero attached hydrogens (tertiary/aromatic N) is 2. The van der Waals surface area contributed by atoms with Crippen molar-refractivity contribution < 1.29 is 9.47 Å². The number of benzene rings is 2. The molecule has 0 aliphatic rings. The highest BCUT2D eigenvalue weighted by Gasteiger charge is 2.08. The third kappa shape index (κ3) is 4.33. The number of methoxy groups -OCH3 is 2. The molecule has 5 nitrogen and oxygen atoms in total. The monoisotopic (exact) mass is 335 g/mol. The molecule has 5 heteroatoms. The average Bonchev–Trinajstić information content (AvgIpc) is 2.62. The summed E-state index contributed by atoms with van der Waals surface area (Å²) in [6, 6.07) is 17.7. The van der Waals surface area contributed by atoms with E-state index in [1.165, 1.54) is 5.56 Å². The highest BCUT2D eigenvalue weighted by molar-refractivity contribution is 5.62. The molecule has 0 radical (unpaired) electrons. The second-order valence-electron chi connectivity index (χ2n) is 5.72. The SMILES string of the molecule is COCc1cc(Nc2ccc(OC)cc2)nc(-c2cccc(C)c2)n1. The van der Waals surface area contributed by atoms with E-state index < -0.39 is 0 Å².